The number of rotatable bonds is 4. The van der Waals surface area contributed by atoms with E-state index in [2.05, 4.69) is 39.3 Å². The van der Waals surface area contributed by atoms with Gasteiger partial charge in [-0.3, -0.25) is 4.90 Å². The van der Waals surface area contributed by atoms with Crippen molar-refractivity contribution in [3.05, 3.63) is 48.1 Å². The van der Waals surface area contributed by atoms with E-state index >= 15 is 0 Å². The second kappa shape index (κ2) is 7.45. The zero-order valence-electron chi connectivity index (χ0n) is 14.0. The average Bonchev–Trinajstić information content (AvgIpc) is 3.18. The van der Waals surface area contributed by atoms with E-state index in [1.165, 1.54) is 37.6 Å². The summed E-state index contributed by atoms with van der Waals surface area (Å²) in [6.07, 6.45) is 6.47. The van der Waals surface area contributed by atoms with Crippen molar-refractivity contribution >= 4 is 0 Å². The molecular weight excluding hydrogens is 302 g/mol. The highest BCUT2D eigenvalue weighted by Crippen LogP contribution is 2.36. The molecule has 1 atom stereocenters. The molecule has 1 aromatic heterocycles. The zero-order chi connectivity index (χ0) is 16.2. The van der Waals surface area contributed by atoms with Crippen LogP contribution in [-0.2, 0) is 4.74 Å². The second-order valence-electron chi connectivity index (χ2n) is 6.92. The molecule has 3 heterocycles. The normalized spacial score (nSPS) is 22.5. The van der Waals surface area contributed by atoms with Gasteiger partial charge in [0, 0.05) is 13.2 Å². The fourth-order valence-corrected chi connectivity index (χ4v) is 4.28. The van der Waals surface area contributed by atoms with Gasteiger partial charge in [0.15, 0.2) is 6.33 Å². The summed E-state index contributed by atoms with van der Waals surface area (Å²) in [5, 5.41) is 3.83. The number of piperidine rings is 1. The lowest BCUT2D eigenvalue weighted by Crippen LogP contribution is -2.40. The molecule has 5 nitrogen and oxygen atoms in total. The van der Waals surface area contributed by atoms with Crippen molar-refractivity contribution in [1.82, 2.24) is 15.0 Å². The Morgan fingerprint density at radius 2 is 1.67 bits per heavy atom. The highest BCUT2D eigenvalue weighted by Gasteiger charge is 2.33. The number of ether oxygens (including phenoxy) is 1. The van der Waals surface area contributed by atoms with Crippen LogP contribution in [0.15, 0.2) is 41.2 Å². The average molecular weight is 327 g/mol. The van der Waals surface area contributed by atoms with Gasteiger partial charge in [-0.1, -0.05) is 35.5 Å². The van der Waals surface area contributed by atoms with Crippen LogP contribution >= 0.6 is 0 Å². The van der Waals surface area contributed by atoms with Gasteiger partial charge in [0.25, 0.3) is 0 Å². The van der Waals surface area contributed by atoms with Gasteiger partial charge in [0.2, 0.25) is 5.89 Å². The first-order valence-electron chi connectivity index (χ1n) is 9.05. The quantitative estimate of drug-likeness (QED) is 0.862. The molecule has 5 heteroatoms. The minimum atomic E-state index is 0.0735. The van der Waals surface area contributed by atoms with Crippen molar-refractivity contribution in [1.29, 1.82) is 0 Å². The van der Waals surface area contributed by atoms with Crippen LogP contribution in [0.4, 0.5) is 0 Å². The van der Waals surface area contributed by atoms with Crippen molar-refractivity contribution in [3.63, 3.8) is 0 Å². The third-order valence-electron chi connectivity index (χ3n) is 5.60. The number of hydrogen-bond donors (Lipinski definition) is 0. The topological polar surface area (TPSA) is 51.4 Å². The lowest BCUT2D eigenvalue weighted by atomic mass is 9.79. The molecule has 0 aliphatic carbocycles. The fraction of sp³-hybridized carbons (Fsp3) is 0.579. The van der Waals surface area contributed by atoms with E-state index in [1.54, 1.807) is 0 Å². The molecule has 2 fully saturated rings. The monoisotopic (exact) mass is 327 g/mol. The molecule has 128 valence electrons. The van der Waals surface area contributed by atoms with Crippen LogP contribution in [0.1, 0.15) is 43.2 Å². The Labute approximate surface area is 143 Å². The van der Waals surface area contributed by atoms with Crippen molar-refractivity contribution in [3.8, 4) is 0 Å². The van der Waals surface area contributed by atoms with Crippen molar-refractivity contribution < 1.29 is 9.26 Å². The minimum Gasteiger partial charge on any atom is -0.381 e. The minimum absolute atomic E-state index is 0.0735. The summed E-state index contributed by atoms with van der Waals surface area (Å²) in [5.41, 5.74) is 1.23. The molecule has 2 aromatic rings. The van der Waals surface area contributed by atoms with Gasteiger partial charge in [-0.25, -0.2) is 0 Å². The van der Waals surface area contributed by atoms with Crippen LogP contribution in [-0.4, -0.2) is 41.3 Å². The first-order valence-corrected chi connectivity index (χ1v) is 9.05. The van der Waals surface area contributed by atoms with Gasteiger partial charge < -0.3 is 9.26 Å². The number of likely N-dealkylation sites (tertiary alicyclic amines) is 1. The van der Waals surface area contributed by atoms with Gasteiger partial charge in [-0.15, -0.1) is 0 Å². The Morgan fingerprint density at radius 1 is 0.958 bits per heavy atom. The lowest BCUT2D eigenvalue weighted by Gasteiger charge is -2.40. The molecule has 1 aromatic carbocycles. The summed E-state index contributed by atoms with van der Waals surface area (Å²) in [4.78, 5) is 6.84. The van der Waals surface area contributed by atoms with E-state index in [1.807, 2.05) is 6.07 Å². The highest BCUT2D eigenvalue weighted by molar-refractivity contribution is 5.24. The SMILES string of the molecule is c1ccc([C@@H](c2ncno2)N2CCC(C3CCOCC3)CC2)cc1. The van der Waals surface area contributed by atoms with E-state index in [-0.39, 0.29) is 6.04 Å². The molecule has 4 rings (SSSR count). The van der Waals surface area contributed by atoms with Crippen LogP contribution in [0, 0.1) is 11.8 Å². The van der Waals surface area contributed by atoms with Crippen LogP contribution < -0.4 is 0 Å². The van der Waals surface area contributed by atoms with Gasteiger partial charge >= 0.3 is 0 Å². The Kier molecular flexibility index (Phi) is 4.90. The smallest absolute Gasteiger partial charge is 0.248 e. The van der Waals surface area contributed by atoms with E-state index in [0.717, 1.165) is 38.1 Å². The maximum Gasteiger partial charge on any atom is 0.248 e. The predicted molar refractivity (Wildman–Crippen MR) is 90.4 cm³/mol. The van der Waals surface area contributed by atoms with Crippen LogP contribution in [0.3, 0.4) is 0 Å². The highest BCUT2D eigenvalue weighted by atomic mass is 16.5. The molecule has 0 saturated carbocycles. The van der Waals surface area contributed by atoms with E-state index in [9.17, 15) is 0 Å². The Balaban J connectivity index is 1.47. The second-order valence-corrected chi connectivity index (χ2v) is 6.92. The standard InChI is InChI=1S/C19H25N3O2/c1-2-4-17(5-3-1)18(19-20-14-21-24-19)22-10-6-15(7-11-22)16-8-12-23-13-9-16/h1-5,14-16,18H,6-13H2/t18-/m0/s1. The summed E-state index contributed by atoms with van der Waals surface area (Å²) in [6.45, 7) is 4.06. The Hall–Kier alpha value is -1.72. The number of aromatic nitrogens is 2. The van der Waals surface area contributed by atoms with Crippen LogP contribution in [0.25, 0.3) is 0 Å². The molecular formula is C19H25N3O2. The fourth-order valence-electron chi connectivity index (χ4n) is 4.28. The molecule has 0 radical (unpaired) electrons. The van der Waals surface area contributed by atoms with E-state index in [0.29, 0.717) is 5.89 Å². The van der Waals surface area contributed by atoms with Gasteiger partial charge in [0.1, 0.15) is 6.04 Å². The lowest BCUT2D eigenvalue weighted by molar-refractivity contribution is 0.0252. The predicted octanol–water partition coefficient (Wildman–Crippen LogP) is 3.30. The molecule has 2 aliphatic rings. The largest absolute Gasteiger partial charge is 0.381 e. The molecule has 2 saturated heterocycles. The first-order chi connectivity index (χ1) is 11.9. The van der Waals surface area contributed by atoms with Crippen LogP contribution in [0.2, 0.25) is 0 Å². The molecule has 0 spiro atoms. The molecule has 0 amide bonds. The third kappa shape index (κ3) is 3.37. The third-order valence-corrected chi connectivity index (χ3v) is 5.60. The summed E-state index contributed by atoms with van der Waals surface area (Å²) in [5.74, 6) is 2.38. The summed E-state index contributed by atoms with van der Waals surface area (Å²) >= 11 is 0. The zero-order valence-corrected chi connectivity index (χ0v) is 14.0. The summed E-state index contributed by atoms with van der Waals surface area (Å²) < 4.78 is 10.9. The van der Waals surface area contributed by atoms with Crippen molar-refractivity contribution in [2.45, 2.75) is 31.7 Å². The Morgan fingerprint density at radius 3 is 2.33 bits per heavy atom. The molecule has 0 N–H and O–H groups in total. The van der Waals surface area contributed by atoms with Crippen molar-refractivity contribution in [2.75, 3.05) is 26.3 Å². The number of hydrogen-bond acceptors (Lipinski definition) is 5. The van der Waals surface area contributed by atoms with Crippen molar-refractivity contribution in [2.24, 2.45) is 11.8 Å². The van der Waals surface area contributed by atoms with Gasteiger partial charge in [-0.2, -0.15) is 4.98 Å². The molecule has 2 aliphatic heterocycles. The first kappa shape index (κ1) is 15.8. The molecule has 24 heavy (non-hydrogen) atoms. The van der Waals surface area contributed by atoms with E-state index in [4.69, 9.17) is 9.26 Å². The molecule has 0 bridgehead atoms. The number of benzene rings is 1. The maximum atomic E-state index is 5.52. The summed E-state index contributed by atoms with van der Waals surface area (Å²) in [7, 11) is 0. The molecule has 0 unspecified atom stereocenters. The van der Waals surface area contributed by atoms with Crippen LogP contribution in [0.5, 0.6) is 0 Å². The Bertz CT molecular complexity index is 603. The maximum absolute atomic E-state index is 5.52. The van der Waals surface area contributed by atoms with E-state index < -0.39 is 0 Å². The van der Waals surface area contributed by atoms with Gasteiger partial charge in [-0.05, 0) is 56.2 Å². The van der Waals surface area contributed by atoms with Gasteiger partial charge in [0.05, 0.1) is 0 Å². The number of nitrogens with zero attached hydrogens (tertiary/aromatic N) is 3. The summed E-state index contributed by atoms with van der Waals surface area (Å²) in [6, 6.07) is 10.6.